The standard InChI is InChI=1S/C22H23FN2O4S/c1-14-10-11-15(13-25-21(26)16-6-2-3-7-17(16)22(25)27)12-20(14)30(28,29)24-19-9-5-4-8-18(19)23/h4-5,8-12,16-17,24H,2-3,6-7,13H2,1H3/t16-,17-/m1/s1. The summed E-state index contributed by atoms with van der Waals surface area (Å²) in [6.07, 6.45) is 3.35. The van der Waals surface area contributed by atoms with E-state index in [1.807, 2.05) is 0 Å². The molecule has 0 aromatic heterocycles. The molecule has 2 aromatic rings. The third-order valence-electron chi connectivity index (χ3n) is 5.93. The predicted molar refractivity (Wildman–Crippen MR) is 109 cm³/mol. The molecule has 2 amide bonds. The number of carbonyl (C=O) groups excluding carboxylic acids is 2. The number of para-hydroxylation sites is 1. The molecule has 0 spiro atoms. The van der Waals surface area contributed by atoms with Gasteiger partial charge in [-0.2, -0.15) is 0 Å². The van der Waals surface area contributed by atoms with Gasteiger partial charge in [0.1, 0.15) is 5.82 Å². The summed E-state index contributed by atoms with van der Waals surface area (Å²) in [5.74, 6) is -1.51. The maximum absolute atomic E-state index is 13.9. The fraction of sp³-hybridized carbons (Fsp3) is 0.364. The van der Waals surface area contributed by atoms with E-state index in [-0.39, 0.29) is 40.8 Å². The second-order valence-electron chi connectivity index (χ2n) is 7.95. The molecule has 1 aliphatic carbocycles. The third kappa shape index (κ3) is 3.71. The van der Waals surface area contributed by atoms with Crippen LogP contribution in [0.1, 0.15) is 36.8 Å². The first-order valence-electron chi connectivity index (χ1n) is 10.00. The summed E-state index contributed by atoms with van der Waals surface area (Å²) < 4.78 is 41.9. The van der Waals surface area contributed by atoms with E-state index < -0.39 is 15.8 Å². The molecule has 2 aromatic carbocycles. The van der Waals surface area contributed by atoms with Gasteiger partial charge in [-0.05, 0) is 49.1 Å². The fourth-order valence-electron chi connectivity index (χ4n) is 4.35. The van der Waals surface area contributed by atoms with Crippen molar-refractivity contribution in [3.63, 3.8) is 0 Å². The lowest BCUT2D eigenvalue weighted by molar-refractivity contribution is -0.140. The maximum atomic E-state index is 13.9. The summed E-state index contributed by atoms with van der Waals surface area (Å²) in [7, 11) is -4.05. The fourth-order valence-corrected chi connectivity index (χ4v) is 5.71. The van der Waals surface area contributed by atoms with Crippen LogP contribution >= 0.6 is 0 Å². The Hall–Kier alpha value is -2.74. The minimum absolute atomic E-state index is 0.0141. The topological polar surface area (TPSA) is 83.6 Å². The molecule has 1 saturated carbocycles. The molecule has 1 saturated heterocycles. The largest absolute Gasteiger partial charge is 0.278 e. The number of carbonyl (C=O) groups is 2. The van der Waals surface area contributed by atoms with Gasteiger partial charge in [-0.3, -0.25) is 19.2 Å². The molecular formula is C22H23FN2O4S. The Kier molecular flexibility index (Phi) is 5.36. The van der Waals surface area contributed by atoms with E-state index in [9.17, 15) is 22.4 Å². The SMILES string of the molecule is Cc1ccc(CN2C(=O)[C@@H]3CCCC[C@H]3C2=O)cc1S(=O)(=O)Nc1ccccc1F. The highest BCUT2D eigenvalue weighted by atomic mass is 32.2. The molecule has 6 nitrogen and oxygen atoms in total. The van der Waals surface area contributed by atoms with Gasteiger partial charge in [0.25, 0.3) is 10.0 Å². The van der Waals surface area contributed by atoms with Crippen LogP contribution in [0.5, 0.6) is 0 Å². The predicted octanol–water partition coefficient (Wildman–Crippen LogP) is 3.61. The van der Waals surface area contributed by atoms with Crippen LogP contribution in [-0.2, 0) is 26.2 Å². The van der Waals surface area contributed by atoms with Gasteiger partial charge in [-0.1, -0.05) is 37.1 Å². The Labute approximate surface area is 175 Å². The summed E-state index contributed by atoms with van der Waals surface area (Å²) >= 11 is 0. The second-order valence-corrected chi connectivity index (χ2v) is 9.60. The molecule has 4 rings (SSSR count). The molecule has 1 heterocycles. The Morgan fingerprint density at radius 3 is 2.30 bits per heavy atom. The first kappa shape index (κ1) is 20.5. The first-order chi connectivity index (χ1) is 14.3. The number of rotatable bonds is 5. The number of hydrogen-bond donors (Lipinski definition) is 1. The van der Waals surface area contributed by atoms with Crippen LogP contribution in [-0.4, -0.2) is 25.1 Å². The van der Waals surface area contributed by atoms with Crippen molar-refractivity contribution < 1.29 is 22.4 Å². The van der Waals surface area contributed by atoms with Crippen molar-refractivity contribution in [3.8, 4) is 0 Å². The minimum atomic E-state index is -4.05. The highest BCUT2D eigenvalue weighted by Gasteiger charge is 2.47. The van der Waals surface area contributed by atoms with E-state index >= 15 is 0 Å². The van der Waals surface area contributed by atoms with Crippen molar-refractivity contribution in [1.29, 1.82) is 0 Å². The molecule has 2 fully saturated rings. The van der Waals surface area contributed by atoms with E-state index in [0.29, 0.717) is 11.1 Å². The quantitative estimate of drug-likeness (QED) is 0.735. The Morgan fingerprint density at radius 1 is 1.03 bits per heavy atom. The molecule has 158 valence electrons. The van der Waals surface area contributed by atoms with Gasteiger partial charge in [0.05, 0.1) is 29.0 Å². The summed E-state index contributed by atoms with van der Waals surface area (Å²) in [4.78, 5) is 26.7. The van der Waals surface area contributed by atoms with E-state index in [1.165, 1.54) is 35.2 Å². The lowest BCUT2D eigenvalue weighted by atomic mass is 9.81. The number of nitrogens with one attached hydrogen (secondary N) is 1. The molecule has 0 unspecified atom stereocenters. The number of halogens is 1. The van der Waals surface area contributed by atoms with Gasteiger partial charge in [-0.15, -0.1) is 0 Å². The van der Waals surface area contributed by atoms with Crippen LogP contribution in [0.15, 0.2) is 47.4 Å². The van der Waals surface area contributed by atoms with Crippen LogP contribution in [0, 0.1) is 24.6 Å². The average molecular weight is 431 g/mol. The Balaban J connectivity index is 1.60. The number of anilines is 1. The van der Waals surface area contributed by atoms with Crippen molar-refractivity contribution in [3.05, 3.63) is 59.4 Å². The number of imide groups is 1. The van der Waals surface area contributed by atoms with Gasteiger partial charge >= 0.3 is 0 Å². The molecule has 2 atom stereocenters. The van der Waals surface area contributed by atoms with Crippen molar-refractivity contribution in [1.82, 2.24) is 4.90 Å². The summed E-state index contributed by atoms with van der Waals surface area (Å²) in [6, 6.07) is 10.3. The van der Waals surface area contributed by atoms with Crippen LogP contribution in [0.4, 0.5) is 10.1 Å². The van der Waals surface area contributed by atoms with E-state index in [2.05, 4.69) is 4.72 Å². The average Bonchev–Trinajstić information content (AvgIpc) is 2.96. The summed E-state index contributed by atoms with van der Waals surface area (Å²) in [6.45, 7) is 1.67. The molecule has 8 heteroatoms. The molecule has 0 bridgehead atoms. The number of fused-ring (bicyclic) bond motifs is 1. The summed E-state index contributed by atoms with van der Waals surface area (Å²) in [5.41, 5.74) is 0.876. The molecule has 1 aliphatic heterocycles. The number of nitrogens with zero attached hydrogens (tertiary/aromatic N) is 1. The van der Waals surface area contributed by atoms with E-state index in [0.717, 1.165) is 25.7 Å². The van der Waals surface area contributed by atoms with E-state index in [1.54, 1.807) is 19.1 Å². The van der Waals surface area contributed by atoms with Crippen molar-refractivity contribution >= 4 is 27.5 Å². The van der Waals surface area contributed by atoms with Gasteiger partial charge in [0, 0.05) is 0 Å². The molecule has 30 heavy (non-hydrogen) atoms. The van der Waals surface area contributed by atoms with Gasteiger partial charge in [0.2, 0.25) is 11.8 Å². The van der Waals surface area contributed by atoms with Crippen molar-refractivity contribution in [2.45, 2.75) is 44.0 Å². The highest BCUT2D eigenvalue weighted by Crippen LogP contribution is 2.38. The number of sulfonamides is 1. The van der Waals surface area contributed by atoms with Gasteiger partial charge in [-0.25, -0.2) is 12.8 Å². The lowest BCUT2D eigenvalue weighted by Gasteiger charge is -2.19. The van der Waals surface area contributed by atoms with Crippen LogP contribution < -0.4 is 4.72 Å². The Morgan fingerprint density at radius 2 is 1.67 bits per heavy atom. The smallest absolute Gasteiger partial charge is 0.262 e. The van der Waals surface area contributed by atoms with Crippen molar-refractivity contribution in [2.75, 3.05) is 4.72 Å². The number of amides is 2. The van der Waals surface area contributed by atoms with Crippen LogP contribution in [0.2, 0.25) is 0 Å². The summed E-state index contributed by atoms with van der Waals surface area (Å²) in [5, 5.41) is 0. The number of likely N-dealkylation sites (tertiary alicyclic amines) is 1. The maximum Gasteiger partial charge on any atom is 0.262 e. The zero-order chi connectivity index (χ0) is 21.5. The highest BCUT2D eigenvalue weighted by molar-refractivity contribution is 7.92. The normalized spacial score (nSPS) is 21.6. The molecule has 0 radical (unpaired) electrons. The lowest BCUT2D eigenvalue weighted by Crippen LogP contribution is -2.30. The van der Waals surface area contributed by atoms with Gasteiger partial charge < -0.3 is 0 Å². The monoisotopic (exact) mass is 430 g/mol. The third-order valence-corrected chi connectivity index (χ3v) is 7.44. The van der Waals surface area contributed by atoms with E-state index in [4.69, 9.17) is 0 Å². The van der Waals surface area contributed by atoms with Crippen LogP contribution in [0.3, 0.4) is 0 Å². The van der Waals surface area contributed by atoms with Crippen LogP contribution in [0.25, 0.3) is 0 Å². The Bertz CT molecular complexity index is 1090. The molecular weight excluding hydrogens is 407 g/mol. The van der Waals surface area contributed by atoms with Gasteiger partial charge in [0.15, 0.2) is 0 Å². The number of hydrogen-bond acceptors (Lipinski definition) is 4. The van der Waals surface area contributed by atoms with Crippen molar-refractivity contribution in [2.24, 2.45) is 11.8 Å². The number of aryl methyl sites for hydroxylation is 1. The zero-order valence-corrected chi connectivity index (χ0v) is 17.4. The zero-order valence-electron chi connectivity index (χ0n) is 16.6. The second kappa shape index (κ2) is 7.83. The molecule has 1 N–H and O–H groups in total. The minimum Gasteiger partial charge on any atom is -0.278 e. The first-order valence-corrected chi connectivity index (χ1v) is 11.5. The molecule has 2 aliphatic rings. The number of benzene rings is 2.